The Kier molecular flexibility index (Phi) is 4.67. The molecule has 1 heterocycles. The van der Waals surface area contributed by atoms with Crippen molar-refractivity contribution in [1.29, 1.82) is 0 Å². The number of nitrogens with zero attached hydrogens (tertiary/aromatic N) is 2. The van der Waals surface area contributed by atoms with Crippen molar-refractivity contribution in [2.75, 3.05) is 12.0 Å². The molecule has 0 aliphatic heterocycles. The zero-order valence-electron chi connectivity index (χ0n) is 10.9. The number of carbonyl (C=O) groups is 1. The third-order valence-electron chi connectivity index (χ3n) is 2.25. The van der Waals surface area contributed by atoms with Gasteiger partial charge >= 0.3 is 0 Å². The molecular weight excluding hydrogens is 276 g/mol. The number of primary amides is 1. The Labute approximate surface area is 120 Å². The average molecular weight is 290 g/mol. The van der Waals surface area contributed by atoms with E-state index >= 15 is 0 Å². The molecule has 3 N–H and O–H groups in total. The van der Waals surface area contributed by atoms with Crippen molar-refractivity contribution < 1.29 is 9.53 Å². The van der Waals surface area contributed by atoms with Gasteiger partial charge in [-0.1, -0.05) is 0 Å². The molecule has 0 atom stereocenters. The number of thiazole rings is 1. The van der Waals surface area contributed by atoms with E-state index in [4.69, 9.17) is 10.5 Å². The van der Waals surface area contributed by atoms with Crippen LogP contribution in [0.15, 0.2) is 34.7 Å². The van der Waals surface area contributed by atoms with Crippen LogP contribution in [0.3, 0.4) is 0 Å². The van der Waals surface area contributed by atoms with Gasteiger partial charge in [0.15, 0.2) is 6.61 Å². The quantitative estimate of drug-likeness (QED) is 0.626. The summed E-state index contributed by atoms with van der Waals surface area (Å²) in [5.74, 6) is 0.0861. The third kappa shape index (κ3) is 4.36. The highest BCUT2D eigenvalue weighted by molar-refractivity contribution is 7.13. The predicted octanol–water partition coefficient (Wildman–Crippen LogP) is 1.76. The molecule has 0 spiro atoms. The Morgan fingerprint density at radius 2 is 2.25 bits per heavy atom. The summed E-state index contributed by atoms with van der Waals surface area (Å²) in [7, 11) is 0. The largest absolute Gasteiger partial charge is 0.484 e. The van der Waals surface area contributed by atoms with Crippen LogP contribution in [0, 0.1) is 6.92 Å². The number of amides is 1. The highest BCUT2D eigenvalue weighted by Gasteiger charge is 1.97. The zero-order chi connectivity index (χ0) is 14.4. The van der Waals surface area contributed by atoms with Crippen LogP contribution in [-0.2, 0) is 4.79 Å². The second kappa shape index (κ2) is 6.67. The second-order valence-corrected chi connectivity index (χ2v) is 4.85. The Hall–Kier alpha value is -2.41. The Bertz CT molecular complexity index is 607. The van der Waals surface area contributed by atoms with Gasteiger partial charge in [-0.05, 0) is 36.8 Å². The van der Waals surface area contributed by atoms with E-state index in [9.17, 15) is 4.79 Å². The first-order chi connectivity index (χ1) is 9.63. The molecular formula is C13H14N4O2S. The minimum absolute atomic E-state index is 0.127. The molecule has 0 bridgehead atoms. The summed E-state index contributed by atoms with van der Waals surface area (Å²) in [5.41, 5.74) is 9.71. The number of nitrogens with two attached hydrogens (primary N) is 1. The van der Waals surface area contributed by atoms with Gasteiger partial charge in [0.1, 0.15) is 5.75 Å². The van der Waals surface area contributed by atoms with E-state index in [1.807, 2.05) is 24.4 Å². The summed E-state index contributed by atoms with van der Waals surface area (Å²) in [5, 5.41) is 6.78. The van der Waals surface area contributed by atoms with Crippen molar-refractivity contribution in [3.8, 4) is 5.75 Å². The molecule has 2 rings (SSSR count). The van der Waals surface area contributed by atoms with Crippen LogP contribution in [0.25, 0.3) is 0 Å². The van der Waals surface area contributed by atoms with Gasteiger partial charge in [0.25, 0.3) is 5.91 Å². The molecule has 20 heavy (non-hydrogen) atoms. The second-order valence-electron chi connectivity index (χ2n) is 3.99. The van der Waals surface area contributed by atoms with E-state index in [0.29, 0.717) is 5.75 Å². The maximum atomic E-state index is 10.6. The van der Waals surface area contributed by atoms with Crippen LogP contribution >= 0.6 is 11.3 Å². The minimum Gasteiger partial charge on any atom is -0.484 e. The summed E-state index contributed by atoms with van der Waals surface area (Å²) in [6.07, 6.45) is 1.68. The van der Waals surface area contributed by atoms with Crippen LogP contribution in [0.2, 0.25) is 0 Å². The lowest BCUT2D eigenvalue weighted by atomic mass is 10.2. The highest BCUT2D eigenvalue weighted by Crippen LogP contribution is 2.14. The van der Waals surface area contributed by atoms with Crippen molar-refractivity contribution in [2.24, 2.45) is 10.8 Å². The van der Waals surface area contributed by atoms with Crippen LogP contribution in [0.5, 0.6) is 5.75 Å². The Morgan fingerprint density at radius 1 is 1.50 bits per heavy atom. The van der Waals surface area contributed by atoms with Gasteiger partial charge in [0, 0.05) is 5.38 Å². The standard InChI is InChI=1S/C13H14N4O2S/c1-9-8-20-13(16-9)17-15-6-10-2-4-11(5-3-10)19-7-12(14)18/h2-6,8H,7H2,1H3,(H2,14,18)(H,16,17). The van der Waals surface area contributed by atoms with Crippen molar-refractivity contribution in [1.82, 2.24) is 4.98 Å². The summed E-state index contributed by atoms with van der Waals surface area (Å²) in [4.78, 5) is 14.8. The average Bonchev–Trinajstić information content (AvgIpc) is 2.83. The fourth-order valence-corrected chi connectivity index (χ4v) is 2.01. The maximum absolute atomic E-state index is 10.6. The fourth-order valence-electron chi connectivity index (χ4n) is 1.37. The van der Waals surface area contributed by atoms with Gasteiger partial charge < -0.3 is 10.5 Å². The van der Waals surface area contributed by atoms with Gasteiger partial charge in [-0.15, -0.1) is 11.3 Å². The number of hydrogen-bond donors (Lipinski definition) is 2. The number of aryl methyl sites for hydroxylation is 1. The summed E-state index contributed by atoms with van der Waals surface area (Å²) < 4.78 is 5.16. The van der Waals surface area contributed by atoms with Gasteiger partial charge in [0.2, 0.25) is 5.13 Å². The minimum atomic E-state index is -0.501. The van der Waals surface area contributed by atoms with E-state index in [0.717, 1.165) is 16.4 Å². The topological polar surface area (TPSA) is 89.6 Å². The van der Waals surface area contributed by atoms with Crippen molar-refractivity contribution >= 4 is 28.6 Å². The zero-order valence-corrected chi connectivity index (χ0v) is 11.7. The molecule has 1 amide bonds. The fraction of sp³-hybridized carbons (Fsp3) is 0.154. The number of anilines is 1. The maximum Gasteiger partial charge on any atom is 0.255 e. The third-order valence-corrected chi connectivity index (χ3v) is 3.12. The van der Waals surface area contributed by atoms with Crippen LogP contribution in [0.4, 0.5) is 5.13 Å². The lowest BCUT2D eigenvalue weighted by molar-refractivity contribution is -0.119. The molecule has 6 nitrogen and oxygen atoms in total. The molecule has 0 aliphatic carbocycles. The van der Waals surface area contributed by atoms with Crippen LogP contribution in [0.1, 0.15) is 11.3 Å². The van der Waals surface area contributed by atoms with E-state index in [1.165, 1.54) is 11.3 Å². The number of carbonyl (C=O) groups excluding carboxylic acids is 1. The highest BCUT2D eigenvalue weighted by atomic mass is 32.1. The molecule has 0 unspecified atom stereocenters. The van der Waals surface area contributed by atoms with E-state index in [-0.39, 0.29) is 6.61 Å². The Morgan fingerprint density at radius 3 is 2.85 bits per heavy atom. The van der Waals surface area contributed by atoms with Gasteiger partial charge in [0.05, 0.1) is 11.9 Å². The number of ether oxygens (including phenoxy) is 1. The van der Waals surface area contributed by atoms with Gasteiger partial charge in [-0.25, -0.2) is 4.98 Å². The first kappa shape index (κ1) is 14.0. The molecule has 0 radical (unpaired) electrons. The molecule has 104 valence electrons. The number of benzene rings is 1. The molecule has 2 aromatic rings. The molecule has 0 fully saturated rings. The number of aromatic nitrogens is 1. The lowest BCUT2D eigenvalue weighted by Crippen LogP contribution is -2.19. The normalized spacial score (nSPS) is 10.7. The molecule has 1 aromatic heterocycles. The molecule has 7 heteroatoms. The summed E-state index contributed by atoms with van der Waals surface area (Å²) in [6, 6.07) is 7.15. The molecule has 0 saturated carbocycles. The van der Waals surface area contributed by atoms with Crippen LogP contribution in [-0.4, -0.2) is 23.7 Å². The number of rotatable bonds is 6. The lowest BCUT2D eigenvalue weighted by Gasteiger charge is -2.03. The Balaban J connectivity index is 1.88. The number of hydrogen-bond acceptors (Lipinski definition) is 6. The summed E-state index contributed by atoms with van der Waals surface area (Å²) >= 11 is 1.50. The first-order valence-corrected chi connectivity index (χ1v) is 6.74. The van der Waals surface area contributed by atoms with E-state index in [1.54, 1.807) is 18.3 Å². The molecule has 1 aromatic carbocycles. The SMILES string of the molecule is Cc1csc(NN=Cc2ccc(OCC(N)=O)cc2)n1. The van der Waals surface area contributed by atoms with Crippen molar-refractivity contribution in [3.05, 3.63) is 40.9 Å². The number of hydrazone groups is 1. The van der Waals surface area contributed by atoms with E-state index in [2.05, 4.69) is 15.5 Å². The first-order valence-electron chi connectivity index (χ1n) is 5.86. The number of nitrogens with one attached hydrogen (secondary N) is 1. The predicted molar refractivity (Wildman–Crippen MR) is 79.2 cm³/mol. The van der Waals surface area contributed by atoms with Crippen molar-refractivity contribution in [2.45, 2.75) is 6.92 Å². The smallest absolute Gasteiger partial charge is 0.255 e. The van der Waals surface area contributed by atoms with Crippen LogP contribution < -0.4 is 15.9 Å². The molecule has 0 saturated heterocycles. The van der Waals surface area contributed by atoms with Gasteiger partial charge in [-0.2, -0.15) is 5.10 Å². The van der Waals surface area contributed by atoms with E-state index < -0.39 is 5.91 Å². The van der Waals surface area contributed by atoms with Gasteiger partial charge in [-0.3, -0.25) is 10.2 Å². The molecule has 0 aliphatic rings. The monoisotopic (exact) mass is 290 g/mol. The summed E-state index contributed by atoms with van der Waals surface area (Å²) in [6.45, 7) is 1.80. The van der Waals surface area contributed by atoms with Crippen molar-refractivity contribution in [3.63, 3.8) is 0 Å².